The molecule has 0 unspecified atom stereocenters. The Morgan fingerprint density at radius 1 is 1.44 bits per heavy atom. The summed E-state index contributed by atoms with van der Waals surface area (Å²) in [6, 6.07) is 0. The van der Waals surface area contributed by atoms with Gasteiger partial charge in [0, 0.05) is 0 Å². The Labute approximate surface area is 69.5 Å². The van der Waals surface area contributed by atoms with E-state index in [1.807, 2.05) is 12.2 Å². The van der Waals surface area contributed by atoms with Crippen LogP contribution >= 0.6 is 0 Å². The molecule has 1 aliphatic rings. The van der Waals surface area contributed by atoms with Crippen LogP contribution in [0.3, 0.4) is 0 Å². The quantitative estimate of drug-likeness (QED) is 0.381. The van der Waals surface area contributed by atoms with E-state index in [2.05, 4.69) is 19.1 Å². The van der Waals surface area contributed by atoms with Gasteiger partial charge in [0.05, 0.1) is 0 Å². The van der Waals surface area contributed by atoms with Gasteiger partial charge in [-0.2, -0.15) is 13.0 Å². The fourth-order valence-corrected chi connectivity index (χ4v) is 0.340. The number of rotatable bonds is 0. The second-order valence-corrected chi connectivity index (χ2v) is 1.00. The minimum atomic E-state index is 0. The molecule has 0 saturated heterocycles. The Hall–Kier alpha value is -0.000519. The minimum absolute atomic E-state index is 0. The third-order valence-electron chi connectivity index (χ3n) is 0.586. The van der Waals surface area contributed by atoms with Crippen molar-refractivity contribution < 1.29 is 17.1 Å². The number of hydrogen-bond donors (Lipinski definition) is 0. The normalized spacial score (nSPS) is 10.4. The average Bonchev–Trinajstić information content (AvgIpc) is 2.23. The van der Waals surface area contributed by atoms with Crippen molar-refractivity contribution in [2.75, 3.05) is 0 Å². The molecule has 0 N–H and O–H groups in total. The van der Waals surface area contributed by atoms with Gasteiger partial charge in [0.25, 0.3) is 0 Å². The molecule has 1 heteroatoms. The van der Waals surface area contributed by atoms with Crippen molar-refractivity contribution in [3.63, 3.8) is 0 Å². The molecule has 0 fully saturated rings. The maximum atomic E-state index is 3.25. The van der Waals surface area contributed by atoms with Crippen molar-refractivity contribution in [2.45, 2.75) is 13.3 Å². The zero-order valence-electron chi connectivity index (χ0n) is 6.02. The van der Waals surface area contributed by atoms with E-state index in [9.17, 15) is 0 Å². The van der Waals surface area contributed by atoms with Gasteiger partial charge in [0.1, 0.15) is 0 Å². The van der Waals surface area contributed by atoms with E-state index >= 15 is 0 Å². The molecule has 0 spiro atoms. The Morgan fingerprint density at radius 2 is 2.00 bits per heavy atom. The molecular formula is C8H13Mn. The first-order valence-electron chi connectivity index (χ1n) is 2.42. The van der Waals surface area contributed by atoms with E-state index in [0.29, 0.717) is 0 Å². The Balaban J connectivity index is -0.0000000836. The summed E-state index contributed by atoms with van der Waals surface area (Å²) in [5.74, 6) is 0. The maximum Gasteiger partial charge on any atom is 3.00 e. The summed E-state index contributed by atoms with van der Waals surface area (Å²) in [6.45, 7) is 5.00. The predicted molar refractivity (Wildman–Crippen MR) is 39.0 cm³/mol. The van der Waals surface area contributed by atoms with Gasteiger partial charge in [-0.1, -0.05) is 0 Å². The van der Waals surface area contributed by atoms with Crippen molar-refractivity contribution in [2.24, 2.45) is 0 Å². The molecule has 9 heavy (non-hydrogen) atoms. The molecule has 0 heterocycles. The molecule has 0 amide bonds. The van der Waals surface area contributed by atoms with Crippen molar-refractivity contribution in [3.8, 4) is 0 Å². The van der Waals surface area contributed by atoms with Crippen LogP contribution in [0.25, 0.3) is 0 Å². The molecule has 1 aliphatic carbocycles. The summed E-state index contributed by atoms with van der Waals surface area (Å²) < 4.78 is 0. The molecule has 0 aromatic heterocycles. The molecule has 0 aliphatic heterocycles. The largest absolute Gasteiger partial charge is 3.00 e. The van der Waals surface area contributed by atoms with E-state index in [4.69, 9.17) is 0 Å². The summed E-state index contributed by atoms with van der Waals surface area (Å²) in [7, 11) is 0. The third-order valence-corrected chi connectivity index (χ3v) is 0.586. The van der Waals surface area contributed by atoms with Gasteiger partial charge in [-0.05, 0) is 0 Å². The average molecular weight is 164 g/mol. The van der Waals surface area contributed by atoms with Crippen LogP contribution in [0.2, 0.25) is 0 Å². The van der Waals surface area contributed by atoms with E-state index in [1.165, 1.54) is 0 Å². The summed E-state index contributed by atoms with van der Waals surface area (Å²) in [6.07, 6.45) is 10.0. The second-order valence-electron chi connectivity index (χ2n) is 1.00. The van der Waals surface area contributed by atoms with Gasteiger partial charge in [-0.3, -0.25) is 6.08 Å². The number of hydrogen-bond acceptors (Lipinski definition) is 0. The Kier molecular flexibility index (Phi) is 27.9. The van der Waals surface area contributed by atoms with Crippen LogP contribution in [0.1, 0.15) is 13.3 Å². The van der Waals surface area contributed by atoms with E-state index < -0.39 is 0 Å². The van der Waals surface area contributed by atoms with Crippen molar-refractivity contribution >= 4 is 0 Å². The first-order chi connectivity index (χ1) is 3.50. The van der Waals surface area contributed by atoms with E-state index in [0.717, 1.165) is 6.42 Å². The molecule has 0 bridgehead atoms. The Morgan fingerprint density at radius 3 is 2.11 bits per heavy atom. The molecule has 52 valence electrons. The molecular weight excluding hydrogens is 151 g/mol. The summed E-state index contributed by atoms with van der Waals surface area (Å²) in [4.78, 5) is 0. The van der Waals surface area contributed by atoms with Gasteiger partial charge in [-0.25, -0.2) is 12.2 Å². The molecule has 0 radical (unpaired) electrons. The molecule has 1 rings (SSSR count). The minimum Gasteiger partial charge on any atom is -0.358 e. The first kappa shape index (κ1) is 16.0. The maximum absolute atomic E-state index is 3.25. The third kappa shape index (κ3) is 11.5. The summed E-state index contributed by atoms with van der Waals surface area (Å²) in [5, 5.41) is 0. The monoisotopic (exact) mass is 164 g/mol. The zero-order chi connectivity index (χ0) is 5.54. The van der Waals surface area contributed by atoms with Crippen LogP contribution in [0.4, 0.5) is 0 Å². The molecule has 0 atom stereocenters. The Bertz CT molecular complexity index is 62.6. The van der Waals surface area contributed by atoms with E-state index in [-0.39, 0.29) is 24.5 Å². The van der Waals surface area contributed by atoms with Crippen molar-refractivity contribution in [1.29, 1.82) is 0 Å². The molecule has 0 nitrogen and oxygen atoms in total. The van der Waals surface area contributed by atoms with Gasteiger partial charge in [-0.15, -0.1) is 6.42 Å². The smallest absolute Gasteiger partial charge is 0.358 e. The predicted octanol–water partition coefficient (Wildman–Crippen LogP) is 2.59. The second kappa shape index (κ2) is 15.7. The fraction of sp³-hybridized carbons (Fsp3) is 0.250. The zero-order valence-corrected chi connectivity index (χ0v) is 7.20. The van der Waals surface area contributed by atoms with Crippen LogP contribution in [0, 0.1) is 20.4 Å². The number of allylic oxidation sites excluding steroid dienone is 4. The molecule has 0 aromatic carbocycles. The summed E-state index contributed by atoms with van der Waals surface area (Å²) in [5.41, 5.74) is 0. The van der Waals surface area contributed by atoms with Gasteiger partial charge in [0.2, 0.25) is 0 Å². The van der Waals surface area contributed by atoms with Crippen LogP contribution in [0.15, 0.2) is 18.2 Å². The summed E-state index contributed by atoms with van der Waals surface area (Å²) >= 11 is 0. The van der Waals surface area contributed by atoms with Crippen LogP contribution in [0.5, 0.6) is 0 Å². The van der Waals surface area contributed by atoms with E-state index in [1.54, 1.807) is 6.92 Å². The SMILES string of the molecule is [C-]1=CC=CC1.[CH2-]C.[CH3-].[Mn+3]. The van der Waals surface area contributed by atoms with Crippen molar-refractivity contribution in [3.05, 3.63) is 38.7 Å². The van der Waals surface area contributed by atoms with Crippen LogP contribution in [-0.4, -0.2) is 0 Å². The van der Waals surface area contributed by atoms with Gasteiger partial charge >= 0.3 is 17.1 Å². The van der Waals surface area contributed by atoms with Crippen molar-refractivity contribution in [1.82, 2.24) is 0 Å². The van der Waals surface area contributed by atoms with Gasteiger partial charge in [0.15, 0.2) is 0 Å². The van der Waals surface area contributed by atoms with Crippen LogP contribution in [-0.2, 0) is 17.1 Å². The topological polar surface area (TPSA) is 0 Å². The van der Waals surface area contributed by atoms with Crippen LogP contribution < -0.4 is 0 Å². The first-order valence-corrected chi connectivity index (χ1v) is 2.42. The molecule has 0 aromatic rings. The molecule has 0 saturated carbocycles. The fourth-order valence-electron chi connectivity index (χ4n) is 0.340. The van der Waals surface area contributed by atoms with Gasteiger partial charge < -0.3 is 14.4 Å². The standard InChI is InChI=1S/C5H5.C2H5.CH3.Mn/c1-2-4-5-3-1;1-2;;/h1-3H,4H2;1H2,2H3;1H3;/q3*-1;+3.